The first-order chi connectivity index (χ1) is 14.6. The molecule has 30 heavy (non-hydrogen) atoms. The number of fused-ring (bicyclic) bond motifs is 1. The number of hydrogen-bond acceptors (Lipinski definition) is 4. The number of hydrogen-bond donors (Lipinski definition) is 1. The smallest absolute Gasteiger partial charge is 0.252 e. The number of para-hydroxylation sites is 1. The van der Waals surface area contributed by atoms with Gasteiger partial charge in [0.1, 0.15) is 0 Å². The van der Waals surface area contributed by atoms with Gasteiger partial charge in [0.2, 0.25) is 0 Å². The van der Waals surface area contributed by atoms with E-state index < -0.39 is 0 Å². The molecule has 1 fully saturated rings. The molecule has 1 N–H and O–H groups in total. The Labute approximate surface area is 186 Å². The van der Waals surface area contributed by atoms with Gasteiger partial charge in [0.25, 0.3) is 5.91 Å². The lowest BCUT2D eigenvalue weighted by molar-refractivity contribution is 0.0951. The van der Waals surface area contributed by atoms with Crippen LogP contribution >= 0.6 is 15.9 Å². The maximum Gasteiger partial charge on any atom is 0.252 e. The van der Waals surface area contributed by atoms with Gasteiger partial charge in [-0.1, -0.05) is 46.3 Å². The first-order valence-electron chi connectivity index (χ1n) is 10.4. The second-order valence-corrected chi connectivity index (χ2v) is 8.75. The summed E-state index contributed by atoms with van der Waals surface area (Å²) in [5, 5.41) is 4.00. The standard InChI is InChI=1S/C24H27BrN4O/c1-28-13-15-29(16-14-28)12-4-11-26-24(30)21-17-23(18-7-9-19(25)10-8-18)27-22-6-3-2-5-20(21)22/h2-3,5-10,17H,4,11-16H2,1H3,(H,26,30). The number of likely N-dealkylation sites (N-methyl/N-ethyl adjacent to an activating group) is 1. The Morgan fingerprint density at radius 2 is 1.80 bits per heavy atom. The van der Waals surface area contributed by atoms with Crippen molar-refractivity contribution in [3.63, 3.8) is 0 Å². The molecule has 0 aliphatic carbocycles. The predicted molar refractivity (Wildman–Crippen MR) is 126 cm³/mol. The van der Waals surface area contributed by atoms with E-state index in [2.05, 4.69) is 38.1 Å². The Kier molecular flexibility index (Phi) is 6.77. The lowest BCUT2D eigenvalue weighted by Crippen LogP contribution is -2.45. The molecule has 1 amide bonds. The van der Waals surface area contributed by atoms with Gasteiger partial charge in [-0.05, 0) is 44.3 Å². The highest BCUT2D eigenvalue weighted by Crippen LogP contribution is 2.26. The van der Waals surface area contributed by atoms with Crippen LogP contribution in [0.15, 0.2) is 59.1 Å². The summed E-state index contributed by atoms with van der Waals surface area (Å²) in [5.41, 5.74) is 3.32. The lowest BCUT2D eigenvalue weighted by Gasteiger charge is -2.32. The lowest BCUT2D eigenvalue weighted by atomic mass is 10.0. The number of carbonyl (C=O) groups is 1. The summed E-state index contributed by atoms with van der Waals surface area (Å²) in [6.45, 7) is 6.15. The molecule has 1 saturated heterocycles. The molecule has 6 heteroatoms. The molecule has 0 radical (unpaired) electrons. The van der Waals surface area contributed by atoms with Crippen molar-refractivity contribution in [2.75, 3.05) is 46.3 Å². The van der Waals surface area contributed by atoms with E-state index in [0.29, 0.717) is 12.1 Å². The number of halogens is 1. The number of rotatable bonds is 6. The number of benzene rings is 2. The fourth-order valence-corrected chi connectivity index (χ4v) is 4.07. The quantitative estimate of drug-likeness (QED) is 0.557. The van der Waals surface area contributed by atoms with E-state index in [0.717, 1.165) is 65.8 Å². The minimum absolute atomic E-state index is 0.0367. The van der Waals surface area contributed by atoms with Gasteiger partial charge in [0.15, 0.2) is 0 Å². The van der Waals surface area contributed by atoms with Crippen molar-refractivity contribution >= 4 is 32.7 Å². The summed E-state index contributed by atoms with van der Waals surface area (Å²) in [4.78, 5) is 22.6. The number of nitrogens with zero attached hydrogens (tertiary/aromatic N) is 3. The molecule has 5 nitrogen and oxygen atoms in total. The van der Waals surface area contributed by atoms with Crippen LogP contribution in [0.1, 0.15) is 16.8 Å². The Balaban J connectivity index is 1.46. The molecular formula is C24H27BrN4O. The van der Waals surface area contributed by atoms with Crippen LogP contribution in [0.3, 0.4) is 0 Å². The van der Waals surface area contributed by atoms with E-state index >= 15 is 0 Å². The highest BCUT2D eigenvalue weighted by atomic mass is 79.9. The monoisotopic (exact) mass is 466 g/mol. The van der Waals surface area contributed by atoms with Crippen molar-refractivity contribution in [3.8, 4) is 11.3 Å². The van der Waals surface area contributed by atoms with Crippen molar-refractivity contribution < 1.29 is 4.79 Å². The number of amides is 1. The van der Waals surface area contributed by atoms with Crippen LogP contribution in [0.2, 0.25) is 0 Å². The van der Waals surface area contributed by atoms with E-state index in [-0.39, 0.29) is 5.91 Å². The first-order valence-corrected chi connectivity index (χ1v) is 11.2. The fraction of sp³-hybridized carbons (Fsp3) is 0.333. The minimum Gasteiger partial charge on any atom is -0.352 e. The summed E-state index contributed by atoms with van der Waals surface area (Å²) in [6.07, 6.45) is 0.956. The van der Waals surface area contributed by atoms with Crippen LogP contribution < -0.4 is 5.32 Å². The third kappa shape index (κ3) is 5.06. The van der Waals surface area contributed by atoms with E-state index in [1.165, 1.54) is 0 Å². The molecule has 156 valence electrons. The average Bonchev–Trinajstić information content (AvgIpc) is 2.77. The van der Waals surface area contributed by atoms with Crippen molar-refractivity contribution in [2.24, 2.45) is 0 Å². The summed E-state index contributed by atoms with van der Waals surface area (Å²) in [6, 6.07) is 17.7. The molecule has 0 saturated carbocycles. The highest BCUT2D eigenvalue weighted by molar-refractivity contribution is 9.10. The molecule has 0 atom stereocenters. The average molecular weight is 467 g/mol. The second kappa shape index (κ2) is 9.69. The number of nitrogens with one attached hydrogen (secondary N) is 1. The van der Waals surface area contributed by atoms with E-state index in [9.17, 15) is 4.79 Å². The van der Waals surface area contributed by atoms with Crippen molar-refractivity contribution in [1.82, 2.24) is 20.1 Å². The zero-order valence-electron chi connectivity index (χ0n) is 17.3. The van der Waals surface area contributed by atoms with Gasteiger partial charge in [0, 0.05) is 48.1 Å². The molecule has 2 aromatic carbocycles. The van der Waals surface area contributed by atoms with Crippen LogP contribution in [0, 0.1) is 0 Å². The second-order valence-electron chi connectivity index (χ2n) is 7.83. The van der Waals surface area contributed by atoms with Crippen molar-refractivity contribution in [2.45, 2.75) is 6.42 Å². The molecule has 0 spiro atoms. The molecular weight excluding hydrogens is 440 g/mol. The largest absolute Gasteiger partial charge is 0.352 e. The Hall–Kier alpha value is -2.28. The van der Waals surface area contributed by atoms with E-state index in [4.69, 9.17) is 4.98 Å². The minimum atomic E-state index is -0.0367. The Morgan fingerprint density at radius 1 is 1.07 bits per heavy atom. The summed E-state index contributed by atoms with van der Waals surface area (Å²) < 4.78 is 1.02. The molecule has 1 aliphatic rings. The summed E-state index contributed by atoms with van der Waals surface area (Å²) >= 11 is 3.47. The molecule has 1 aliphatic heterocycles. The van der Waals surface area contributed by atoms with Crippen LogP contribution in [0.5, 0.6) is 0 Å². The molecule has 3 aromatic rings. The number of aromatic nitrogens is 1. The van der Waals surface area contributed by atoms with E-state index in [1.807, 2.05) is 54.6 Å². The zero-order valence-corrected chi connectivity index (χ0v) is 18.9. The SMILES string of the molecule is CN1CCN(CCCNC(=O)c2cc(-c3ccc(Br)cc3)nc3ccccc23)CC1. The van der Waals surface area contributed by atoms with Crippen LogP contribution in [0.25, 0.3) is 22.2 Å². The number of piperazine rings is 1. The maximum atomic E-state index is 13.0. The van der Waals surface area contributed by atoms with Crippen LogP contribution in [0.4, 0.5) is 0 Å². The number of carbonyl (C=O) groups excluding carboxylic acids is 1. The van der Waals surface area contributed by atoms with Gasteiger partial charge in [-0.25, -0.2) is 4.98 Å². The van der Waals surface area contributed by atoms with Gasteiger partial charge in [-0.2, -0.15) is 0 Å². The third-order valence-electron chi connectivity index (χ3n) is 5.63. The van der Waals surface area contributed by atoms with Gasteiger partial charge in [-0.15, -0.1) is 0 Å². The van der Waals surface area contributed by atoms with Crippen LogP contribution in [-0.4, -0.2) is 67.0 Å². The van der Waals surface area contributed by atoms with Gasteiger partial charge < -0.3 is 15.1 Å². The van der Waals surface area contributed by atoms with Gasteiger partial charge in [-0.3, -0.25) is 4.79 Å². The van der Waals surface area contributed by atoms with Crippen LogP contribution in [-0.2, 0) is 0 Å². The third-order valence-corrected chi connectivity index (χ3v) is 6.16. The van der Waals surface area contributed by atoms with Crippen molar-refractivity contribution in [1.29, 1.82) is 0 Å². The van der Waals surface area contributed by atoms with E-state index in [1.54, 1.807) is 0 Å². The molecule has 2 heterocycles. The summed E-state index contributed by atoms with van der Waals surface area (Å²) in [7, 11) is 2.17. The summed E-state index contributed by atoms with van der Waals surface area (Å²) in [5.74, 6) is -0.0367. The maximum absolute atomic E-state index is 13.0. The normalized spacial score (nSPS) is 15.4. The predicted octanol–water partition coefficient (Wildman–Crippen LogP) is 4.03. The first kappa shape index (κ1) is 21.0. The van der Waals surface area contributed by atoms with Gasteiger partial charge in [0.05, 0.1) is 16.8 Å². The molecule has 0 bridgehead atoms. The topological polar surface area (TPSA) is 48.5 Å². The molecule has 1 aromatic heterocycles. The zero-order chi connectivity index (χ0) is 20.9. The molecule has 4 rings (SSSR count). The van der Waals surface area contributed by atoms with Gasteiger partial charge >= 0.3 is 0 Å². The highest BCUT2D eigenvalue weighted by Gasteiger charge is 2.15. The Bertz CT molecular complexity index is 1010. The Morgan fingerprint density at radius 3 is 2.57 bits per heavy atom. The molecule has 0 unspecified atom stereocenters. The fourth-order valence-electron chi connectivity index (χ4n) is 3.80. The van der Waals surface area contributed by atoms with Crippen molar-refractivity contribution in [3.05, 3.63) is 64.6 Å². The number of pyridine rings is 1.